The third-order valence-corrected chi connectivity index (χ3v) is 4.01. The molecule has 0 aliphatic rings. The standard InChI is InChI=1S/C15H14Br2N2O/c1-10-7-14(16)13(15(17)8-10)9-18-19-11-3-5-12(20-2)6-4-11/h3-9,19H,1-2H3/b18-9+. The van der Waals surface area contributed by atoms with Gasteiger partial charge in [0.25, 0.3) is 0 Å². The Balaban J connectivity index is 2.10. The molecular weight excluding hydrogens is 384 g/mol. The van der Waals surface area contributed by atoms with Gasteiger partial charge in [0.15, 0.2) is 0 Å². The fourth-order valence-corrected chi connectivity index (χ4v) is 3.29. The van der Waals surface area contributed by atoms with Gasteiger partial charge in [-0.2, -0.15) is 5.10 Å². The Labute approximate surface area is 135 Å². The number of halogens is 2. The van der Waals surface area contributed by atoms with Crippen molar-refractivity contribution in [1.29, 1.82) is 0 Å². The Morgan fingerprint density at radius 3 is 2.25 bits per heavy atom. The summed E-state index contributed by atoms with van der Waals surface area (Å²) in [6.07, 6.45) is 1.78. The van der Waals surface area contributed by atoms with E-state index in [0.29, 0.717) is 0 Å². The van der Waals surface area contributed by atoms with Gasteiger partial charge in [-0.15, -0.1) is 0 Å². The molecule has 0 fully saturated rings. The van der Waals surface area contributed by atoms with Crippen LogP contribution in [0.2, 0.25) is 0 Å². The Morgan fingerprint density at radius 1 is 1.10 bits per heavy atom. The molecule has 0 atom stereocenters. The highest BCUT2D eigenvalue weighted by Crippen LogP contribution is 2.25. The van der Waals surface area contributed by atoms with E-state index >= 15 is 0 Å². The molecule has 0 bridgehead atoms. The van der Waals surface area contributed by atoms with Gasteiger partial charge in [-0.3, -0.25) is 5.43 Å². The minimum Gasteiger partial charge on any atom is -0.497 e. The van der Waals surface area contributed by atoms with Crippen molar-refractivity contribution in [3.05, 3.63) is 56.5 Å². The third-order valence-electron chi connectivity index (χ3n) is 2.70. The number of hydrogen-bond donors (Lipinski definition) is 1. The van der Waals surface area contributed by atoms with Crippen LogP contribution in [0.3, 0.4) is 0 Å². The summed E-state index contributed by atoms with van der Waals surface area (Å²) in [5.41, 5.74) is 6.07. The zero-order valence-electron chi connectivity index (χ0n) is 11.2. The van der Waals surface area contributed by atoms with E-state index in [0.717, 1.165) is 25.9 Å². The summed E-state index contributed by atoms with van der Waals surface area (Å²) >= 11 is 7.08. The molecule has 0 radical (unpaired) electrons. The summed E-state index contributed by atoms with van der Waals surface area (Å²) in [6.45, 7) is 2.05. The predicted octanol–water partition coefficient (Wildman–Crippen LogP) is 4.97. The third kappa shape index (κ3) is 3.84. The van der Waals surface area contributed by atoms with E-state index in [1.807, 2.05) is 31.2 Å². The molecule has 1 N–H and O–H groups in total. The van der Waals surface area contributed by atoms with Gasteiger partial charge in [-0.1, -0.05) is 31.9 Å². The van der Waals surface area contributed by atoms with E-state index in [-0.39, 0.29) is 0 Å². The second-order valence-electron chi connectivity index (χ2n) is 4.24. The lowest BCUT2D eigenvalue weighted by molar-refractivity contribution is 0.415. The van der Waals surface area contributed by atoms with E-state index in [2.05, 4.69) is 54.5 Å². The molecule has 0 amide bonds. The minimum atomic E-state index is 0.823. The van der Waals surface area contributed by atoms with E-state index in [1.165, 1.54) is 5.56 Å². The number of nitrogens with one attached hydrogen (secondary N) is 1. The van der Waals surface area contributed by atoms with Gasteiger partial charge in [0.05, 0.1) is 19.0 Å². The SMILES string of the molecule is COc1ccc(N/N=C/c2c(Br)cc(C)cc2Br)cc1. The van der Waals surface area contributed by atoms with Gasteiger partial charge in [0, 0.05) is 14.5 Å². The summed E-state index contributed by atoms with van der Waals surface area (Å²) < 4.78 is 7.12. The van der Waals surface area contributed by atoms with Crippen molar-refractivity contribution >= 4 is 43.8 Å². The topological polar surface area (TPSA) is 33.6 Å². The zero-order chi connectivity index (χ0) is 14.5. The number of benzene rings is 2. The normalized spacial score (nSPS) is 10.8. The number of methoxy groups -OCH3 is 1. The first-order valence-corrected chi connectivity index (χ1v) is 7.57. The number of hydrogen-bond acceptors (Lipinski definition) is 3. The van der Waals surface area contributed by atoms with Crippen LogP contribution in [-0.4, -0.2) is 13.3 Å². The molecule has 0 spiro atoms. The molecule has 5 heteroatoms. The van der Waals surface area contributed by atoms with Crippen molar-refractivity contribution in [2.75, 3.05) is 12.5 Å². The second kappa shape index (κ2) is 6.90. The van der Waals surface area contributed by atoms with Crippen LogP contribution in [0.4, 0.5) is 5.69 Å². The van der Waals surface area contributed by atoms with Crippen molar-refractivity contribution in [2.45, 2.75) is 6.92 Å². The van der Waals surface area contributed by atoms with Gasteiger partial charge in [-0.25, -0.2) is 0 Å². The summed E-state index contributed by atoms with van der Waals surface area (Å²) in [5, 5.41) is 4.24. The van der Waals surface area contributed by atoms with Crippen LogP contribution in [0.15, 0.2) is 50.4 Å². The molecule has 20 heavy (non-hydrogen) atoms. The van der Waals surface area contributed by atoms with Gasteiger partial charge in [0.2, 0.25) is 0 Å². The van der Waals surface area contributed by atoms with E-state index < -0.39 is 0 Å². The molecule has 0 unspecified atom stereocenters. The molecule has 0 aliphatic carbocycles. The second-order valence-corrected chi connectivity index (χ2v) is 5.95. The summed E-state index contributed by atoms with van der Waals surface area (Å²) in [7, 11) is 1.65. The van der Waals surface area contributed by atoms with Crippen molar-refractivity contribution in [3.8, 4) is 5.75 Å². The molecule has 3 nitrogen and oxygen atoms in total. The van der Waals surface area contributed by atoms with E-state index in [1.54, 1.807) is 13.3 Å². The first kappa shape index (κ1) is 15.1. The number of rotatable bonds is 4. The summed E-state index contributed by atoms with van der Waals surface area (Å²) in [4.78, 5) is 0. The molecule has 0 heterocycles. The van der Waals surface area contributed by atoms with Crippen LogP contribution in [-0.2, 0) is 0 Å². The Bertz CT molecular complexity index is 601. The first-order chi connectivity index (χ1) is 9.60. The maximum absolute atomic E-state index is 5.11. The van der Waals surface area contributed by atoms with E-state index in [9.17, 15) is 0 Å². The average Bonchev–Trinajstić information content (AvgIpc) is 2.42. The van der Waals surface area contributed by atoms with Crippen LogP contribution in [0.25, 0.3) is 0 Å². The van der Waals surface area contributed by atoms with Crippen LogP contribution >= 0.6 is 31.9 Å². The van der Waals surface area contributed by atoms with E-state index in [4.69, 9.17) is 4.74 Å². The molecule has 0 aliphatic heterocycles. The highest BCUT2D eigenvalue weighted by atomic mass is 79.9. The van der Waals surface area contributed by atoms with Crippen molar-refractivity contribution in [2.24, 2.45) is 5.10 Å². The van der Waals surface area contributed by atoms with Crippen molar-refractivity contribution in [3.63, 3.8) is 0 Å². The zero-order valence-corrected chi connectivity index (χ0v) is 14.3. The minimum absolute atomic E-state index is 0.823. The highest BCUT2D eigenvalue weighted by molar-refractivity contribution is 9.11. The Morgan fingerprint density at radius 2 is 1.70 bits per heavy atom. The molecule has 0 aromatic heterocycles. The Kier molecular flexibility index (Phi) is 5.20. The highest BCUT2D eigenvalue weighted by Gasteiger charge is 2.03. The maximum atomic E-state index is 5.11. The van der Waals surface area contributed by atoms with Gasteiger partial charge < -0.3 is 4.74 Å². The monoisotopic (exact) mass is 396 g/mol. The Hall–Kier alpha value is -1.33. The molecule has 2 aromatic carbocycles. The molecule has 0 saturated carbocycles. The lowest BCUT2D eigenvalue weighted by atomic mass is 10.2. The number of nitrogens with zero attached hydrogens (tertiary/aromatic N) is 1. The molecule has 2 rings (SSSR count). The van der Waals surface area contributed by atoms with Crippen molar-refractivity contribution < 1.29 is 4.74 Å². The fourth-order valence-electron chi connectivity index (χ4n) is 1.67. The fraction of sp³-hybridized carbons (Fsp3) is 0.133. The summed E-state index contributed by atoms with van der Waals surface area (Å²) in [6, 6.07) is 11.7. The molecule has 104 valence electrons. The van der Waals surface area contributed by atoms with Crippen LogP contribution in [0.5, 0.6) is 5.75 Å². The first-order valence-electron chi connectivity index (χ1n) is 5.99. The molecular formula is C15H14Br2N2O. The van der Waals surface area contributed by atoms with Gasteiger partial charge >= 0.3 is 0 Å². The van der Waals surface area contributed by atoms with Crippen molar-refractivity contribution in [1.82, 2.24) is 0 Å². The molecule has 0 saturated heterocycles. The number of anilines is 1. The number of aryl methyl sites for hydroxylation is 1. The quantitative estimate of drug-likeness (QED) is 0.583. The van der Waals surface area contributed by atoms with Crippen LogP contribution < -0.4 is 10.2 Å². The largest absolute Gasteiger partial charge is 0.497 e. The van der Waals surface area contributed by atoms with Crippen LogP contribution in [0.1, 0.15) is 11.1 Å². The molecule has 2 aromatic rings. The van der Waals surface area contributed by atoms with Crippen LogP contribution in [0, 0.1) is 6.92 Å². The van der Waals surface area contributed by atoms with Gasteiger partial charge in [0.1, 0.15) is 5.75 Å². The average molecular weight is 398 g/mol. The van der Waals surface area contributed by atoms with Gasteiger partial charge in [-0.05, 0) is 48.9 Å². The lowest BCUT2D eigenvalue weighted by Crippen LogP contribution is -1.93. The number of ether oxygens (including phenoxy) is 1. The maximum Gasteiger partial charge on any atom is 0.119 e. The smallest absolute Gasteiger partial charge is 0.119 e. The number of hydrazone groups is 1. The lowest BCUT2D eigenvalue weighted by Gasteiger charge is -2.05. The summed E-state index contributed by atoms with van der Waals surface area (Å²) in [5.74, 6) is 0.823. The predicted molar refractivity (Wildman–Crippen MR) is 90.8 cm³/mol.